The van der Waals surface area contributed by atoms with Gasteiger partial charge in [-0.1, -0.05) is 0 Å². The van der Waals surface area contributed by atoms with Gasteiger partial charge in [-0.2, -0.15) is 0 Å². The number of rotatable bonds is 8. The van der Waals surface area contributed by atoms with E-state index in [4.69, 9.17) is 0 Å². The number of carbonyl (C=O) groups is 2. The van der Waals surface area contributed by atoms with Crippen LogP contribution in [0.1, 0.15) is 11.1 Å². The zero-order valence-electron chi connectivity index (χ0n) is 14.2. The Balaban J connectivity index is 1.57. The third kappa shape index (κ3) is 8.28. The van der Waals surface area contributed by atoms with Crippen molar-refractivity contribution in [1.82, 2.24) is 0 Å². The molecular weight excluding hydrogens is 548 g/mol. The Labute approximate surface area is 165 Å². The predicted molar refractivity (Wildman–Crippen MR) is 110 cm³/mol. The molecule has 0 atom stereocenters. The topological polar surface area (TPSA) is 58.2 Å². The van der Waals surface area contributed by atoms with Gasteiger partial charge in [0.05, 0.1) is 0 Å². The van der Waals surface area contributed by atoms with Crippen LogP contribution < -0.4 is 10.6 Å². The van der Waals surface area contributed by atoms with Crippen molar-refractivity contribution in [1.29, 1.82) is 0 Å². The fourth-order valence-electron chi connectivity index (χ4n) is 1.90. The molecule has 2 aromatic rings. The van der Waals surface area contributed by atoms with E-state index in [1.807, 2.05) is 62.4 Å². The molecule has 0 saturated heterocycles. The molecule has 0 aliphatic heterocycles. The van der Waals surface area contributed by atoms with Crippen LogP contribution in [0.5, 0.6) is 0 Å². The number of nitrogens with one attached hydrogen (secondary N) is 2. The number of anilines is 2. The molecule has 2 amide bonds. The maximum absolute atomic E-state index is 11.9. The molecule has 0 bridgehead atoms. The number of aryl methyl sites for hydroxylation is 2. The first-order valence-electron chi connectivity index (χ1n) is 7.74. The fraction of sp³-hybridized carbons (Fsp3) is 0.222. The normalized spacial score (nSPS) is 10.3. The SMILES string of the molecule is Cc1ccc(NC(=O)C[S][Pb][S]CC(=O)Nc2ccc(C)cc2)cc1. The van der Waals surface area contributed by atoms with Crippen LogP contribution in [-0.4, -0.2) is 44.6 Å². The van der Waals surface area contributed by atoms with Crippen molar-refractivity contribution in [3.8, 4) is 0 Å². The van der Waals surface area contributed by atoms with E-state index in [0.717, 1.165) is 11.4 Å². The molecule has 2 radical (unpaired) electrons. The molecule has 25 heavy (non-hydrogen) atoms. The minimum absolute atomic E-state index is 0.0195. The van der Waals surface area contributed by atoms with Gasteiger partial charge in [-0.25, -0.2) is 0 Å². The summed E-state index contributed by atoms with van der Waals surface area (Å²) in [4.78, 5) is 23.7. The van der Waals surface area contributed by atoms with E-state index in [-0.39, 0.29) is 11.8 Å². The molecule has 0 aliphatic rings. The van der Waals surface area contributed by atoms with Gasteiger partial charge in [-0.3, -0.25) is 0 Å². The van der Waals surface area contributed by atoms with Crippen molar-refractivity contribution >= 4 is 61.0 Å². The molecule has 2 aromatic carbocycles. The second-order valence-corrected chi connectivity index (χ2v) is 19.9. The van der Waals surface area contributed by atoms with Gasteiger partial charge in [-0.05, 0) is 0 Å². The molecule has 0 spiro atoms. The Bertz CT molecular complexity index is 645. The van der Waals surface area contributed by atoms with E-state index in [1.54, 1.807) is 16.6 Å². The molecule has 0 heterocycles. The van der Waals surface area contributed by atoms with Crippen molar-refractivity contribution in [2.45, 2.75) is 13.8 Å². The summed E-state index contributed by atoms with van der Waals surface area (Å²) >= 11 is -1.05. The van der Waals surface area contributed by atoms with Crippen molar-refractivity contribution in [2.75, 3.05) is 22.1 Å². The first kappa shape index (κ1) is 20.3. The summed E-state index contributed by atoms with van der Waals surface area (Å²) in [5.41, 5.74) is 4.00. The molecule has 0 saturated carbocycles. The van der Waals surface area contributed by atoms with E-state index < -0.39 is 21.2 Å². The molecule has 4 nitrogen and oxygen atoms in total. The van der Waals surface area contributed by atoms with Gasteiger partial charge >= 0.3 is 166 Å². The van der Waals surface area contributed by atoms with E-state index in [9.17, 15) is 9.59 Å². The number of benzene rings is 2. The Morgan fingerprint density at radius 3 is 1.48 bits per heavy atom. The van der Waals surface area contributed by atoms with Gasteiger partial charge in [0.15, 0.2) is 0 Å². The van der Waals surface area contributed by atoms with Gasteiger partial charge in [0.2, 0.25) is 0 Å². The predicted octanol–water partition coefficient (Wildman–Crippen LogP) is 3.88. The summed E-state index contributed by atoms with van der Waals surface area (Å²) in [6.45, 7) is 4.03. The molecule has 2 N–H and O–H groups in total. The van der Waals surface area contributed by atoms with Gasteiger partial charge in [0, 0.05) is 0 Å². The first-order valence-corrected chi connectivity index (χ1v) is 19.2. The molecule has 0 aromatic heterocycles. The van der Waals surface area contributed by atoms with Crippen LogP contribution in [0.15, 0.2) is 48.5 Å². The summed E-state index contributed by atoms with van der Waals surface area (Å²) in [5, 5.41) is 5.78. The monoisotopic (exact) mass is 568 g/mol. The molecule has 0 fully saturated rings. The Morgan fingerprint density at radius 2 is 1.12 bits per heavy atom. The van der Waals surface area contributed by atoms with Crippen LogP contribution in [-0.2, 0) is 9.59 Å². The zero-order valence-corrected chi connectivity index (χ0v) is 19.7. The minimum atomic E-state index is -1.05. The molecule has 7 heteroatoms. The van der Waals surface area contributed by atoms with Crippen molar-refractivity contribution in [3.05, 3.63) is 59.7 Å². The second-order valence-electron chi connectivity index (χ2n) is 5.49. The summed E-state index contributed by atoms with van der Waals surface area (Å²) in [7, 11) is 3.40. The van der Waals surface area contributed by atoms with E-state index in [2.05, 4.69) is 10.6 Å². The van der Waals surface area contributed by atoms with Gasteiger partial charge in [-0.15, -0.1) is 0 Å². The maximum atomic E-state index is 11.9. The fourth-order valence-corrected chi connectivity index (χ4v) is 13.2. The van der Waals surface area contributed by atoms with Crippen LogP contribution in [0.4, 0.5) is 11.4 Å². The van der Waals surface area contributed by atoms with Crippen LogP contribution in [0, 0.1) is 13.8 Å². The molecular formula is C18H20N2O2PbS2. The molecule has 2 rings (SSSR count). The molecule has 0 aliphatic carbocycles. The van der Waals surface area contributed by atoms with Gasteiger partial charge in [0.1, 0.15) is 0 Å². The quantitative estimate of drug-likeness (QED) is 0.376. The summed E-state index contributed by atoms with van der Waals surface area (Å²) in [6.07, 6.45) is 0. The average Bonchev–Trinajstić information content (AvgIpc) is 2.59. The van der Waals surface area contributed by atoms with Gasteiger partial charge < -0.3 is 0 Å². The number of hydrogen-bond acceptors (Lipinski definition) is 4. The summed E-state index contributed by atoms with van der Waals surface area (Å²) in [6, 6.07) is 15.5. The van der Waals surface area contributed by atoms with Crippen molar-refractivity contribution in [3.63, 3.8) is 0 Å². The molecule has 130 valence electrons. The Kier molecular flexibility index (Phi) is 8.84. The second kappa shape index (κ2) is 10.9. The van der Waals surface area contributed by atoms with E-state index in [1.165, 1.54) is 11.1 Å². The van der Waals surface area contributed by atoms with E-state index in [0.29, 0.717) is 11.5 Å². The summed E-state index contributed by atoms with van der Waals surface area (Å²) in [5.74, 6) is 0.963. The Morgan fingerprint density at radius 1 is 0.760 bits per heavy atom. The van der Waals surface area contributed by atoms with Crippen LogP contribution in [0.3, 0.4) is 0 Å². The third-order valence-corrected chi connectivity index (χ3v) is 16.6. The van der Waals surface area contributed by atoms with Crippen molar-refractivity contribution in [2.24, 2.45) is 0 Å². The number of amides is 2. The number of carbonyl (C=O) groups excluding carboxylic acids is 2. The van der Waals surface area contributed by atoms with Crippen LogP contribution >= 0.6 is 16.6 Å². The standard InChI is InChI=1S/2C9H11NOS.Pb/c2*1-7-2-4-8(5-3-7)10-9(11)6-12;/h2*2-5,12H,6H2,1H3,(H,10,11);/q;;+2/p-2. The Hall–Kier alpha value is -0.998. The van der Waals surface area contributed by atoms with E-state index >= 15 is 0 Å². The first-order chi connectivity index (χ1) is 12.0. The van der Waals surface area contributed by atoms with Crippen LogP contribution in [0.2, 0.25) is 0 Å². The van der Waals surface area contributed by atoms with Gasteiger partial charge in [0.25, 0.3) is 0 Å². The average molecular weight is 568 g/mol. The van der Waals surface area contributed by atoms with Crippen molar-refractivity contribution < 1.29 is 9.59 Å². The van der Waals surface area contributed by atoms with Crippen LogP contribution in [0.25, 0.3) is 0 Å². The number of hydrogen-bond donors (Lipinski definition) is 2. The summed E-state index contributed by atoms with van der Waals surface area (Å²) < 4.78 is 0. The molecule has 0 unspecified atom stereocenters. The third-order valence-electron chi connectivity index (χ3n) is 3.20. The zero-order chi connectivity index (χ0) is 18.1.